The third-order valence-corrected chi connectivity index (χ3v) is 6.92. The van der Waals surface area contributed by atoms with E-state index in [0.717, 1.165) is 44.9 Å². The molecule has 1 saturated heterocycles. The van der Waals surface area contributed by atoms with Gasteiger partial charge in [0.1, 0.15) is 5.75 Å². The normalized spacial score (nSPS) is 15.8. The number of anilines is 1. The molecular formula is C29H29N3O4. The molecule has 0 spiro atoms. The van der Waals surface area contributed by atoms with E-state index >= 15 is 0 Å². The van der Waals surface area contributed by atoms with Crippen LogP contribution in [0.2, 0.25) is 0 Å². The van der Waals surface area contributed by atoms with Crippen LogP contribution in [0.25, 0.3) is 0 Å². The minimum absolute atomic E-state index is 0.128. The average molecular weight is 484 g/mol. The standard InChI is InChI=1S/C29H29N3O4/c1-36-22-9-6-20(7-10-22)12-13-31-14-16-32(17-15-31)19-27(33)30-21-8-11-25-26(18-21)29(35)24-5-3-2-4-23(24)28(25)34/h2-11,18H,12-17,19H2,1H3,(H,30,33). The summed E-state index contributed by atoms with van der Waals surface area (Å²) >= 11 is 0. The van der Waals surface area contributed by atoms with Gasteiger partial charge >= 0.3 is 0 Å². The number of benzene rings is 3. The predicted molar refractivity (Wildman–Crippen MR) is 138 cm³/mol. The molecule has 2 aliphatic rings. The van der Waals surface area contributed by atoms with Crippen molar-refractivity contribution in [3.05, 3.63) is 94.5 Å². The van der Waals surface area contributed by atoms with Crippen molar-refractivity contribution in [2.45, 2.75) is 6.42 Å². The van der Waals surface area contributed by atoms with Crippen LogP contribution in [0, 0.1) is 0 Å². The fourth-order valence-corrected chi connectivity index (χ4v) is 4.83. The van der Waals surface area contributed by atoms with E-state index in [9.17, 15) is 14.4 Å². The number of rotatable bonds is 7. The van der Waals surface area contributed by atoms with E-state index in [1.807, 2.05) is 12.1 Å². The topological polar surface area (TPSA) is 79.0 Å². The first kappa shape index (κ1) is 23.9. The lowest BCUT2D eigenvalue weighted by Crippen LogP contribution is -2.49. The Morgan fingerprint density at radius 3 is 2.08 bits per heavy atom. The summed E-state index contributed by atoms with van der Waals surface area (Å²) in [5.41, 5.74) is 3.35. The first-order valence-electron chi connectivity index (χ1n) is 12.2. The van der Waals surface area contributed by atoms with Crippen LogP contribution in [-0.2, 0) is 11.2 Å². The molecule has 0 bridgehead atoms. The second-order valence-corrected chi connectivity index (χ2v) is 9.23. The molecule has 0 atom stereocenters. The number of methoxy groups -OCH3 is 1. The summed E-state index contributed by atoms with van der Waals surface area (Å²) in [6, 6.07) is 19.9. The summed E-state index contributed by atoms with van der Waals surface area (Å²) in [7, 11) is 1.67. The minimum Gasteiger partial charge on any atom is -0.497 e. The van der Waals surface area contributed by atoms with E-state index < -0.39 is 0 Å². The lowest BCUT2D eigenvalue weighted by atomic mass is 9.84. The van der Waals surface area contributed by atoms with Crippen LogP contribution >= 0.6 is 0 Å². The Labute approximate surface area is 210 Å². The van der Waals surface area contributed by atoms with Crippen LogP contribution in [0.5, 0.6) is 5.75 Å². The summed E-state index contributed by atoms with van der Waals surface area (Å²) in [5.74, 6) is 0.382. The molecule has 184 valence electrons. The number of ketones is 2. The van der Waals surface area contributed by atoms with Gasteiger partial charge in [-0.2, -0.15) is 0 Å². The van der Waals surface area contributed by atoms with Crippen LogP contribution in [0.4, 0.5) is 5.69 Å². The van der Waals surface area contributed by atoms with Crippen molar-refractivity contribution in [1.82, 2.24) is 9.80 Å². The molecule has 36 heavy (non-hydrogen) atoms. The van der Waals surface area contributed by atoms with Crippen molar-refractivity contribution in [1.29, 1.82) is 0 Å². The molecule has 7 nitrogen and oxygen atoms in total. The molecule has 1 aliphatic heterocycles. The molecule has 3 aromatic rings. The fraction of sp³-hybridized carbons (Fsp3) is 0.276. The Kier molecular flexibility index (Phi) is 6.93. The molecule has 5 rings (SSSR count). The zero-order valence-corrected chi connectivity index (χ0v) is 20.3. The fourth-order valence-electron chi connectivity index (χ4n) is 4.83. The highest BCUT2D eigenvalue weighted by molar-refractivity contribution is 6.28. The third kappa shape index (κ3) is 5.08. The van der Waals surface area contributed by atoms with Crippen LogP contribution in [0.3, 0.4) is 0 Å². The lowest BCUT2D eigenvalue weighted by Gasteiger charge is -2.34. The molecule has 0 unspecified atom stereocenters. The maximum absolute atomic E-state index is 12.9. The van der Waals surface area contributed by atoms with Gasteiger partial charge in [-0.1, -0.05) is 36.4 Å². The van der Waals surface area contributed by atoms with Gasteiger partial charge in [0.2, 0.25) is 5.91 Å². The Morgan fingerprint density at radius 2 is 1.42 bits per heavy atom. The van der Waals surface area contributed by atoms with Crippen LogP contribution < -0.4 is 10.1 Å². The molecular weight excluding hydrogens is 454 g/mol. The van der Waals surface area contributed by atoms with Gasteiger partial charge in [-0.3, -0.25) is 19.3 Å². The molecule has 1 heterocycles. The van der Waals surface area contributed by atoms with Gasteiger partial charge in [-0.05, 0) is 42.3 Å². The molecule has 0 saturated carbocycles. The zero-order chi connectivity index (χ0) is 25.1. The van der Waals surface area contributed by atoms with Gasteiger partial charge in [0.15, 0.2) is 11.6 Å². The Hall–Kier alpha value is -3.81. The quantitative estimate of drug-likeness (QED) is 0.435. The third-order valence-electron chi connectivity index (χ3n) is 6.92. The largest absolute Gasteiger partial charge is 0.497 e. The number of piperazine rings is 1. The highest BCUT2D eigenvalue weighted by atomic mass is 16.5. The van der Waals surface area contributed by atoms with Crippen LogP contribution in [-0.4, -0.2) is 73.7 Å². The van der Waals surface area contributed by atoms with E-state index in [1.165, 1.54) is 5.56 Å². The lowest BCUT2D eigenvalue weighted by molar-refractivity contribution is -0.117. The molecule has 1 fully saturated rings. The number of amides is 1. The van der Waals surface area contributed by atoms with E-state index in [0.29, 0.717) is 34.5 Å². The number of ether oxygens (including phenoxy) is 1. The Morgan fingerprint density at radius 1 is 0.806 bits per heavy atom. The molecule has 0 radical (unpaired) electrons. The molecule has 1 amide bonds. The van der Waals surface area contributed by atoms with Gasteiger partial charge in [0, 0.05) is 60.7 Å². The second kappa shape index (κ2) is 10.4. The van der Waals surface area contributed by atoms with E-state index in [-0.39, 0.29) is 17.5 Å². The highest BCUT2D eigenvalue weighted by Crippen LogP contribution is 2.29. The first-order chi connectivity index (χ1) is 17.5. The minimum atomic E-state index is -0.193. The maximum atomic E-state index is 12.9. The van der Waals surface area contributed by atoms with Crippen molar-refractivity contribution >= 4 is 23.2 Å². The number of carbonyl (C=O) groups is 3. The van der Waals surface area contributed by atoms with Crippen molar-refractivity contribution in [3.63, 3.8) is 0 Å². The maximum Gasteiger partial charge on any atom is 0.238 e. The van der Waals surface area contributed by atoms with E-state index in [1.54, 1.807) is 49.6 Å². The number of carbonyl (C=O) groups excluding carboxylic acids is 3. The van der Waals surface area contributed by atoms with Crippen LogP contribution in [0.1, 0.15) is 37.4 Å². The van der Waals surface area contributed by atoms with E-state index in [4.69, 9.17) is 4.74 Å². The summed E-state index contributed by atoms with van der Waals surface area (Å²) < 4.78 is 5.21. The molecule has 0 aromatic heterocycles. The van der Waals surface area contributed by atoms with Gasteiger partial charge in [-0.25, -0.2) is 0 Å². The molecule has 1 aliphatic carbocycles. The molecule has 1 N–H and O–H groups in total. The SMILES string of the molecule is COc1ccc(CCN2CCN(CC(=O)Nc3ccc4c(c3)C(=O)c3ccccc3C4=O)CC2)cc1. The summed E-state index contributed by atoms with van der Waals surface area (Å²) in [6.07, 6.45) is 0.981. The van der Waals surface area contributed by atoms with E-state index in [2.05, 4.69) is 27.2 Å². The van der Waals surface area contributed by atoms with Gasteiger partial charge in [0.05, 0.1) is 13.7 Å². The van der Waals surface area contributed by atoms with Crippen LogP contribution in [0.15, 0.2) is 66.7 Å². The number of nitrogens with zero attached hydrogens (tertiary/aromatic N) is 2. The summed E-state index contributed by atoms with van der Waals surface area (Å²) in [4.78, 5) is 43.0. The monoisotopic (exact) mass is 483 g/mol. The van der Waals surface area contributed by atoms with Gasteiger partial charge in [0.25, 0.3) is 0 Å². The first-order valence-corrected chi connectivity index (χ1v) is 12.2. The van der Waals surface area contributed by atoms with Gasteiger partial charge < -0.3 is 15.0 Å². The number of hydrogen-bond donors (Lipinski definition) is 1. The molecule has 3 aromatic carbocycles. The predicted octanol–water partition coefficient (Wildman–Crippen LogP) is 3.27. The second-order valence-electron chi connectivity index (χ2n) is 9.23. The number of hydrogen-bond acceptors (Lipinski definition) is 6. The van der Waals surface area contributed by atoms with Crippen molar-refractivity contribution in [2.24, 2.45) is 0 Å². The van der Waals surface area contributed by atoms with Crippen molar-refractivity contribution in [3.8, 4) is 5.75 Å². The Balaban J connectivity index is 1.12. The van der Waals surface area contributed by atoms with Crippen molar-refractivity contribution < 1.29 is 19.1 Å². The van der Waals surface area contributed by atoms with Gasteiger partial charge in [-0.15, -0.1) is 0 Å². The smallest absolute Gasteiger partial charge is 0.238 e. The number of fused-ring (bicyclic) bond motifs is 2. The highest BCUT2D eigenvalue weighted by Gasteiger charge is 2.29. The summed E-state index contributed by atoms with van der Waals surface area (Å²) in [5, 5.41) is 2.90. The summed E-state index contributed by atoms with van der Waals surface area (Å²) in [6.45, 7) is 4.75. The average Bonchev–Trinajstić information content (AvgIpc) is 2.91. The van der Waals surface area contributed by atoms with Crippen molar-refractivity contribution in [2.75, 3.05) is 51.7 Å². The zero-order valence-electron chi connectivity index (χ0n) is 20.3. The number of nitrogens with one attached hydrogen (secondary N) is 1. The Bertz CT molecular complexity index is 1290. The molecule has 7 heteroatoms.